The SMILES string of the molecule is Cl.O=C(CCNNC(=O)c1ccncc1)NCc1ccccc1. The summed E-state index contributed by atoms with van der Waals surface area (Å²) in [5.41, 5.74) is 6.82. The highest BCUT2D eigenvalue weighted by Gasteiger charge is 2.04. The molecule has 0 aliphatic heterocycles. The van der Waals surface area contributed by atoms with Crippen LogP contribution in [-0.2, 0) is 11.3 Å². The summed E-state index contributed by atoms with van der Waals surface area (Å²) in [4.78, 5) is 27.2. The fourth-order valence-electron chi connectivity index (χ4n) is 1.78. The van der Waals surface area contributed by atoms with Crippen LogP contribution in [0.3, 0.4) is 0 Å². The zero-order valence-electron chi connectivity index (χ0n) is 12.5. The van der Waals surface area contributed by atoms with Gasteiger partial charge in [-0.15, -0.1) is 12.4 Å². The molecule has 0 unspecified atom stereocenters. The van der Waals surface area contributed by atoms with Crippen LogP contribution in [0.5, 0.6) is 0 Å². The van der Waals surface area contributed by atoms with Crippen molar-refractivity contribution in [2.24, 2.45) is 0 Å². The predicted octanol–water partition coefficient (Wildman–Crippen LogP) is 1.44. The molecule has 0 fully saturated rings. The smallest absolute Gasteiger partial charge is 0.265 e. The number of hydrogen-bond donors (Lipinski definition) is 3. The largest absolute Gasteiger partial charge is 0.352 e. The number of aromatic nitrogens is 1. The zero-order chi connectivity index (χ0) is 15.6. The molecule has 1 aromatic carbocycles. The van der Waals surface area contributed by atoms with Gasteiger partial charge >= 0.3 is 0 Å². The Labute approximate surface area is 141 Å². The van der Waals surface area contributed by atoms with Crippen LogP contribution >= 0.6 is 12.4 Å². The van der Waals surface area contributed by atoms with Gasteiger partial charge in [0, 0.05) is 37.5 Å². The highest BCUT2D eigenvalue weighted by atomic mass is 35.5. The van der Waals surface area contributed by atoms with Gasteiger partial charge in [-0.3, -0.25) is 20.0 Å². The average Bonchev–Trinajstić information content (AvgIpc) is 2.58. The molecule has 122 valence electrons. The van der Waals surface area contributed by atoms with E-state index < -0.39 is 0 Å². The van der Waals surface area contributed by atoms with Crippen molar-refractivity contribution >= 4 is 24.2 Å². The summed E-state index contributed by atoms with van der Waals surface area (Å²) in [6.45, 7) is 0.862. The molecule has 0 radical (unpaired) electrons. The monoisotopic (exact) mass is 334 g/mol. The Morgan fingerprint density at radius 2 is 1.70 bits per heavy atom. The highest BCUT2D eigenvalue weighted by molar-refractivity contribution is 5.93. The van der Waals surface area contributed by atoms with Crippen LogP contribution in [0.2, 0.25) is 0 Å². The normalized spacial score (nSPS) is 9.57. The zero-order valence-corrected chi connectivity index (χ0v) is 13.3. The molecule has 7 heteroatoms. The van der Waals surface area contributed by atoms with Gasteiger partial charge in [0.05, 0.1) is 0 Å². The van der Waals surface area contributed by atoms with Crippen molar-refractivity contribution < 1.29 is 9.59 Å². The number of benzene rings is 1. The van der Waals surface area contributed by atoms with E-state index in [1.165, 1.54) is 0 Å². The third-order valence-corrected chi connectivity index (χ3v) is 2.95. The molecule has 0 atom stereocenters. The Bertz CT molecular complexity index is 608. The third kappa shape index (κ3) is 6.90. The van der Waals surface area contributed by atoms with E-state index in [9.17, 15) is 9.59 Å². The summed E-state index contributed by atoms with van der Waals surface area (Å²) in [6, 6.07) is 12.9. The molecule has 0 bridgehead atoms. The first kappa shape index (κ1) is 18.6. The van der Waals surface area contributed by atoms with Crippen LogP contribution in [0.25, 0.3) is 0 Å². The van der Waals surface area contributed by atoms with Gasteiger partial charge in [-0.25, -0.2) is 5.43 Å². The fourth-order valence-corrected chi connectivity index (χ4v) is 1.78. The summed E-state index contributed by atoms with van der Waals surface area (Å²) in [5, 5.41) is 2.82. The fraction of sp³-hybridized carbons (Fsp3) is 0.188. The Hall–Kier alpha value is -2.44. The number of carbonyl (C=O) groups excluding carboxylic acids is 2. The molecule has 0 aliphatic rings. The molecule has 2 aromatic rings. The summed E-state index contributed by atoms with van der Waals surface area (Å²) in [6.07, 6.45) is 3.38. The van der Waals surface area contributed by atoms with E-state index in [-0.39, 0.29) is 30.6 Å². The van der Waals surface area contributed by atoms with Gasteiger partial charge in [-0.1, -0.05) is 30.3 Å². The maximum atomic E-state index is 11.7. The molecule has 0 saturated carbocycles. The number of nitrogens with one attached hydrogen (secondary N) is 3. The van der Waals surface area contributed by atoms with Crippen molar-refractivity contribution in [1.82, 2.24) is 21.2 Å². The average molecular weight is 335 g/mol. The number of nitrogens with zero attached hydrogens (tertiary/aromatic N) is 1. The summed E-state index contributed by atoms with van der Waals surface area (Å²) >= 11 is 0. The van der Waals surface area contributed by atoms with Crippen LogP contribution in [0.1, 0.15) is 22.3 Å². The second-order valence-corrected chi connectivity index (χ2v) is 4.63. The van der Waals surface area contributed by atoms with Gasteiger partial charge in [0.15, 0.2) is 0 Å². The lowest BCUT2D eigenvalue weighted by Crippen LogP contribution is -2.39. The number of hydrogen-bond acceptors (Lipinski definition) is 4. The minimum Gasteiger partial charge on any atom is -0.352 e. The molecule has 1 heterocycles. The van der Waals surface area contributed by atoms with E-state index in [1.54, 1.807) is 24.5 Å². The Morgan fingerprint density at radius 3 is 2.39 bits per heavy atom. The molecule has 2 rings (SSSR count). The molecule has 3 N–H and O–H groups in total. The van der Waals surface area contributed by atoms with E-state index in [0.29, 0.717) is 18.7 Å². The molecule has 2 amide bonds. The Balaban J connectivity index is 0.00000264. The van der Waals surface area contributed by atoms with Crippen LogP contribution < -0.4 is 16.2 Å². The second kappa shape index (κ2) is 10.3. The van der Waals surface area contributed by atoms with Crippen molar-refractivity contribution in [2.75, 3.05) is 6.54 Å². The number of pyridine rings is 1. The van der Waals surface area contributed by atoms with Gasteiger partial charge < -0.3 is 5.32 Å². The van der Waals surface area contributed by atoms with Crippen LogP contribution in [0.4, 0.5) is 0 Å². The standard InChI is InChI=1S/C16H18N4O2.ClH/c21-15(18-12-13-4-2-1-3-5-13)8-11-19-20-16(22)14-6-9-17-10-7-14;/h1-7,9-10,19H,8,11-12H2,(H,18,21)(H,20,22);1H. The molecule has 23 heavy (non-hydrogen) atoms. The van der Waals surface area contributed by atoms with Crippen LogP contribution in [0, 0.1) is 0 Å². The van der Waals surface area contributed by atoms with Gasteiger partial charge in [-0.2, -0.15) is 0 Å². The Morgan fingerprint density at radius 1 is 1.00 bits per heavy atom. The van der Waals surface area contributed by atoms with Gasteiger partial charge in [0.2, 0.25) is 5.91 Å². The first-order chi connectivity index (χ1) is 10.8. The van der Waals surface area contributed by atoms with Crippen molar-refractivity contribution in [3.63, 3.8) is 0 Å². The van der Waals surface area contributed by atoms with Gasteiger partial charge in [0.1, 0.15) is 0 Å². The van der Waals surface area contributed by atoms with E-state index in [4.69, 9.17) is 0 Å². The molecule has 1 aromatic heterocycles. The van der Waals surface area contributed by atoms with E-state index >= 15 is 0 Å². The van der Waals surface area contributed by atoms with Gasteiger partial charge in [0.25, 0.3) is 5.91 Å². The first-order valence-electron chi connectivity index (χ1n) is 6.99. The number of halogens is 1. The maximum absolute atomic E-state index is 11.7. The van der Waals surface area contributed by atoms with E-state index in [2.05, 4.69) is 21.2 Å². The van der Waals surface area contributed by atoms with Crippen molar-refractivity contribution in [1.29, 1.82) is 0 Å². The quantitative estimate of drug-likeness (QED) is 0.528. The summed E-state index contributed by atoms with van der Waals surface area (Å²) < 4.78 is 0. The van der Waals surface area contributed by atoms with Gasteiger partial charge in [-0.05, 0) is 17.7 Å². The number of hydrazine groups is 1. The third-order valence-electron chi connectivity index (χ3n) is 2.95. The predicted molar refractivity (Wildman–Crippen MR) is 89.9 cm³/mol. The second-order valence-electron chi connectivity index (χ2n) is 4.63. The summed E-state index contributed by atoms with van der Waals surface area (Å²) in [5.74, 6) is -0.332. The van der Waals surface area contributed by atoms with Crippen molar-refractivity contribution in [3.05, 3.63) is 66.0 Å². The molecule has 0 spiro atoms. The van der Waals surface area contributed by atoms with Crippen LogP contribution in [-0.4, -0.2) is 23.3 Å². The first-order valence-corrected chi connectivity index (χ1v) is 6.99. The lowest BCUT2D eigenvalue weighted by atomic mass is 10.2. The Kier molecular flexibility index (Phi) is 8.34. The maximum Gasteiger partial charge on any atom is 0.265 e. The topological polar surface area (TPSA) is 83.1 Å². The molecular formula is C16H19ClN4O2. The molecule has 6 nitrogen and oxygen atoms in total. The minimum atomic E-state index is -0.257. The lowest BCUT2D eigenvalue weighted by Gasteiger charge is -2.08. The molecule has 0 saturated heterocycles. The van der Waals surface area contributed by atoms with E-state index in [0.717, 1.165) is 5.56 Å². The van der Waals surface area contributed by atoms with Crippen molar-refractivity contribution in [3.8, 4) is 0 Å². The number of amides is 2. The van der Waals surface area contributed by atoms with Crippen LogP contribution in [0.15, 0.2) is 54.9 Å². The lowest BCUT2D eigenvalue weighted by molar-refractivity contribution is -0.121. The molecular weight excluding hydrogens is 316 g/mol. The minimum absolute atomic E-state index is 0. The number of rotatable bonds is 7. The molecule has 0 aliphatic carbocycles. The summed E-state index contributed by atoms with van der Waals surface area (Å²) in [7, 11) is 0. The number of carbonyl (C=O) groups is 2. The van der Waals surface area contributed by atoms with E-state index in [1.807, 2.05) is 30.3 Å². The van der Waals surface area contributed by atoms with Crippen molar-refractivity contribution in [2.45, 2.75) is 13.0 Å². The highest BCUT2D eigenvalue weighted by Crippen LogP contribution is 1.97.